The summed E-state index contributed by atoms with van der Waals surface area (Å²) in [6.07, 6.45) is 3.49. The van der Waals surface area contributed by atoms with Crippen molar-refractivity contribution in [2.75, 3.05) is 0 Å². The number of aliphatic carboxylic acids is 1. The molecule has 4 heteroatoms. The van der Waals surface area contributed by atoms with Crippen LogP contribution in [0.5, 0.6) is 0 Å². The Morgan fingerprint density at radius 3 is 3.06 bits per heavy atom. The van der Waals surface area contributed by atoms with Gasteiger partial charge in [0.25, 0.3) is 0 Å². The zero-order valence-electron chi connectivity index (χ0n) is 8.90. The number of aromatic amines is 1. The number of H-pyrrole nitrogens is 1. The molecule has 0 saturated heterocycles. The summed E-state index contributed by atoms with van der Waals surface area (Å²) in [6, 6.07) is 5.98. The first kappa shape index (κ1) is 10.4. The number of carboxylic acids is 1. The zero-order valence-corrected chi connectivity index (χ0v) is 8.90. The molecule has 0 aliphatic rings. The summed E-state index contributed by atoms with van der Waals surface area (Å²) in [5.41, 5.74) is 3.01. The van der Waals surface area contributed by atoms with Gasteiger partial charge in [0.15, 0.2) is 0 Å². The molecule has 0 amide bonds. The van der Waals surface area contributed by atoms with Crippen molar-refractivity contribution in [1.29, 1.82) is 0 Å². The maximum absolute atomic E-state index is 10.4. The highest BCUT2D eigenvalue weighted by molar-refractivity contribution is 5.85. The Balaban J connectivity index is 2.40. The Morgan fingerprint density at radius 1 is 1.56 bits per heavy atom. The van der Waals surface area contributed by atoms with Crippen molar-refractivity contribution in [2.24, 2.45) is 0 Å². The molecule has 0 aliphatic carbocycles. The Morgan fingerprint density at radius 2 is 2.38 bits per heavy atom. The van der Waals surface area contributed by atoms with Crippen LogP contribution in [0.4, 0.5) is 0 Å². The van der Waals surface area contributed by atoms with Crippen LogP contribution >= 0.6 is 0 Å². The number of benzene rings is 1. The van der Waals surface area contributed by atoms with E-state index >= 15 is 0 Å². The molecule has 2 N–H and O–H groups in total. The van der Waals surface area contributed by atoms with Crippen LogP contribution in [0.15, 0.2) is 24.3 Å². The number of rotatable bonds is 3. The lowest BCUT2D eigenvalue weighted by Crippen LogP contribution is -1.86. The molecule has 0 spiro atoms. The third-order valence-electron chi connectivity index (χ3n) is 2.36. The summed E-state index contributed by atoms with van der Waals surface area (Å²) in [5.74, 6) is -0.416. The summed E-state index contributed by atoms with van der Waals surface area (Å²) < 4.78 is 0. The predicted molar refractivity (Wildman–Crippen MR) is 62.1 cm³/mol. The predicted octanol–water partition coefficient (Wildman–Crippen LogP) is 2.22. The summed E-state index contributed by atoms with van der Waals surface area (Å²) in [5, 5.41) is 8.50. The third kappa shape index (κ3) is 2.11. The van der Waals surface area contributed by atoms with Gasteiger partial charge in [-0.05, 0) is 30.2 Å². The highest BCUT2D eigenvalue weighted by Crippen LogP contribution is 2.14. The van der Waals surface area contributed by atoms with E-state index in [2.05, 4.69) is 16.9 Å². The van der Waals surface area contributed by atoms with Crippen LogP contribution in [0.1, 0.15) is 18.3 Å². The molecule has 4 nitrogen and oxygen atoms in total. The minimum absolute atomic E-state index is 0.561. The van der Waals surface area contributed by atoms with Gasteiger partial charge in [0, 0.05) is 6.08 Å². The van der Waals surface area contributed by atoms with Crippen molar-refractivity contribution in [3.63, 3.8) is 0 Å². The fraction of sp³-hybridized carbons (Fsp3) is 0.167. The molecule has 0 atom stereocenters. The van der Waals surface area contributed by atoms with Crippen molar-refractivity contribution >= 4 is 23.1 Å². The molecular formula is C12H12N2O2. The lowest BCUT2D eigenvalue weighted by atomic mass is 10.1. The van der Waals surface area contributed by atoms with E-state index in [1.807, 2.05) is 18.2 Å². The van der Waals surface area contributed by atoms with E-state index in [4.69, 9.17) is 5.11 Å². The van der Waals surface area contributed by atoms with Gasteiger partial charge in [-0.3, -0.25) is 0 Å². The molecule has 2 aromatic rings. The molecule has 0 saturated carbocycles. The quantitative estimate of drug-likeness (QED) is 0.773. The zero-order chi connectivity index (χ0) is 11.5. The Labute approximate surface area is 92.6 Å². The number of hydrogen-bond acceptors (Lipinski definition) is 2. The molecule has 82 valence electrons. The second kappa shape index (κ2) is 4.18. The van der Waals surface area contributed by atoms with Gasteiger partial charge in [0.1, 0.15) is 5.82 Å². The van der Waals surface area contributed by atoms with Gasteiger partial charge in [-0.15, -0.1) is 0 Å². The SMILES string of the molecule is CCc1ccc2nc(/C=C/C(=O)O)[nH]c2c1. The van der Waals surface area contributed by atoms with E-state index in [-0.39, 0.29) is 0 Å². The summed E-state index contributed by atoms with van der Waals surface area (Å²) in [6.45, 7) is 2.09. The maximum atomic E-state index is 10.4. The number of aromatic nitrogens is 2. The lowest BCUT2D eigenvalue weighted by Gasteiger charge is -1.93. The first-order chi connectivity index (χ1) is 7.69. The van der Waals surface area contributed by atoms with Crippen LogP contribution in [0.2, 0.25) is 0 Å². The van der Waals surface area contributed by atoms with Crippen molar-refractivity contribution < 1.29 is 9.90 Å². The minimum atomic E-state index is -0.977. The number of carboxylic acid groups (broad SMARTS) is 1. The second-order valence-electron chi connectivity index (χ2n) is 3.50. The first-order valence-electron chi connectivity index (χ1n) is 5.08. The van der Waals surface area contributed by atoms with E-state index < -0.39 is 5.97 Å². The molecule has 0 radical (unpaired) electrons. The second-order valence-corrected chi connectivity index (χ2v) is 3.50. The topological polar surface area (TPSA) is 66.0 Å². The van der Waals surface area contributed by atoms with E-state index in [0.717, 1.165) is 23.5 Å². The van der Waals surface area contributed by atoms with E-state index in [0.29, 0.717) is 5.82 Å². The van der Waals surface area contributed by atoms with Crippen LogP contribution in [0.25, 0.3) is 17.1 Å². The number of aryl methyl sites for hydroxylation is 1. The average Bonchev–Trinajstić information content (AvgIpc) is 2.67. The summed E-state index contributed by atoms with van der Waals surface area (Å²) in [7, 11) is 0. The third-order valence-corrected chi connectivity index (χ3v) is 2.36. The minimum Gasteiger partial charge on any atom is -0.478 e. The fourth-order valence-electron chi connectivity index (χ4n) is 1.53. The average molecular weight is 216 g/mol. The van der Waals surface area contributed by atoms with Gasteiger partial charge in [0.2, 0.25) is 0 Å². The largest absolute Gasteiger partial charge is 0.478 e. The van der Waals surface area contributed by atoms with E-state index in [1.165, 1.54) is 11.6 Å². The highest BCUT2D eigenvalue weighted by atomic mass is 16.4. The fourth-order valence-corrected chi connectivity index (χ4v) is 1.53. The number of imidazole rings is 1. The number of fused-ring (bicyclic) bond motifs is 1. The van der Waals surface area contributed by atoms with Crippen LogP contribution in [0, 0.1) is 0 Å². The molecular weight excluding hydrogens is 204 g/mol. The van der Waals surface area contributed by atoms with Crippen molar-refractivity contribution in [3.8, 4) is 0 Å². The van der Waals surface area contributed by atoms with Gasteiger partial charge < -0.3 is 10.1 Å². The molecule has 1 heterocycles. The Hall–Kier alpha value is -2.10. The first-order valence-corrected chi connectivity index (χ1v) is 5.08. The number of nitrogens with one attached hydrogen (secondary N) is 1. The standard InChI is InChI=1S/C12H12N2O2/c1-2-8-3-4-9-10(7-8)14-11(13-9)5-6-12(15)16/h3-7H,2H2,1H3,(H,13,14)(H,15,16)/b6-5+. The molecule has 1 aromatic carbocycles. The van der Waals surface area contributed by atoms with Gasteiger partial charge in [-0.25, -0.2) is 9.78 Å². The number of hydrogen-bond donors (Lipinski definition) is 2. The smallest absolute Gasteiger partial charge is 0.328 e. The van der Waals surface area contributed by atoms with Crippen molar-refractivity contribution in [3.05, 3.63) is 35.7 Å². The molecule has 1 aromatic heterocycles. The van der Waals surface area contributed by atoms with Crippen LogP contribution in [-0.2, 0) is 11.2 Å². The number of carbonyl (C=O) groups is 1. The van der Waals surface area contributed by atoms with Crippen LogP contribution < -0.4 is 0 Å². The molecule has 0 fully saturated rings. The number of nitrogens with zero attached hydrogens (tertiary/aromatic N) is 1. The molecule has 0 bridgehead atoms. The van der Waals surface area contributed by atoms with Gasteiger partial charge in [-0.2, -0.15) is 0 Å². The van der Waals surface area contributed by atoms with Crippen molar-refractivity contribution in [2.45, 2.75) is 13.3 Å². The highest BCUT2D eigenvalue weighted by Gasteiger charge is 2.01. The monoisotopic (exact) mass is 216 g/mol. The van der Waals surface area contributed by atoms with E-state index in [1.54, 1.807) is 0 Å². The molecule has 0 aliphatic heterocycles. The van der Waals surface area contributed by atoms with Crippen molar-refractivity contribution in [1.82, 2.24) is 9.97 Å². The normalized spacial score (nSPS) is 11.3. The maximum Gasteiger partial charge on any atom is 0.328 e. The van der Waals surface area contributed by atoms with Gasteiger partial charge in [-0.1, -0.05) is 13.0 Å². The summed E-state index contributed by atoms with van der Waals surface area (Å²) in [4.78, 5) is 17.7. The summed E-state index contributed by atoms with van der Waals surface area (Å²) >= 11 is 0. The lowest BCUT2D eigenvalue weighted by molar-refractivity contribution is -0.131. The van der Waals surface area contributed by atoms with E-state index in [9.17, 15) is 4.79 Å². The Bertz CT molecular complexity index is 555. The molecule has 16 heavy (non-hydrogen) atoms. The van der Waals surface area contributed by atoms with Crippen LogP contribution in [0.3, 0.4) is 0 Å². The van der Waals surface area contributed by atoms with Crippen LogP contribution in [-0.4, -0.2) is 21.0 Å². The molecule has 2 rings (SSSR count). The molecule has 0 unspecified atom stereocenters. The van der Waals surface area contributed by atoms with Gasteiger partial charge in [0.05, 0.1) is 11.0 Å². The van der Waals surface area contributed by atoms with Gasteiger partial charge >= 0.3 is 5.97 Å². The Kier molecular flexibility index (Phi) is 2.72.